The topological polar surface area (TPSA) is 138 Å². The predicted molar refractivity (Wildman–Crippen MR) is 170 cm³/mol. The largest absolute Gasteiger partial charge is 0.344 e. The molecule has 10 nitrogen and oxygen atoms in total. The minimum Gasteiger partial charge on any atom is -0.344 e. The third-order valence-corrected chi connectivity index (χ3v) is 9.79. The number of hydrogen-bond donors (Lipinski definition) is 2. The number of benzene rings is 3. The summed E-state index contributed by atoms with van der Waals surface area (Å²) in [5.41, 5.74) is 1.66. The van der Waals surface area contributed by atoms with Crippen LogP contribution in [0.2, 0.25) is 0 Å². The second-order valence-electron chi connectivity index (χ2n) is 10.9. The number of aromatic nitrogens is 2. The lowest BCUT2D eigenvalue weighted by molar-refractivity contribution is -0.128. The molecule has 0 spiro atoms. The van der Waals surface area contributed by atoms with Gasteiger partial charge in [0.15, 0.2) is 10.8 Å². The van der Waals surface area contributed by atoms with Gasteiger partial charge in [-0.05, 0) is 47.0 Å². The second-order valence-corrected chi connectivity index (χ2v) is 12.8. The number of sulfonamides is 1. The van der Waals surface area contributed by atoms with Crippen molar-refractivity contribution in [3.05, 3.63) is 115 Å². The molecule has 11 heteroatoms. The fourth-order valence-electron chi connectivity index (χ4n) is 5.59. The molecule has 1 aliphatic heterocycles. The highest BCUT2D eigenvalue weighted by Crippen LogP contribution is 2.21. The average molecular weight is 622 g/mol. The number of amides is 2. The van der Waals surface area contributed by atoms with Gasteiger partial charge in [0.1, 0.15) is 6.04 Å². The summed E-state index contributed by atoms with van der Waals surface area (Å²) in [4.78, 5) is 48.9. The molecular weight excluding hydrogens is 590 g/mol. The van der Waals surface area contributed by atoms with E-state index in [0.29, 0.717) is 11.1 Å². The van der Waals surface area contributed by atoms with Crippen molar-refractivity contribution < 1.29 is 22.8 Å². The Bertz CT molecular complexity index is 2000. The highest BCUT2D eigenvalue weighted by Gasteiger charge is 2.34. The van der Waals surface area contributed by atoms with Crippen LogP contribution in [0.1, 0.15) is 28.8 Å². The number of carbonyl (C=O) groups excluding carboxylic acids is 3. The van der Waals surface area contributed by atoms with Gasteiger partial charge in [-0.15, -0.1) is 0 Å². The van der Waals surface area contributed by atoms with Crippen LogP contribution in [0.4, 0.5) is 0 Å². The maximum atomic E-state index is 13.8. The SMILES string of the molecule is O=C(NC(Cc1ccc2ccccc2c1)C(=O)N[C@@H]1CCN(S(=O)(=O)c2ccccn2)CCC1=O)c1cccc2cccnc12. The number of ketones is 1. The van der Waals surface area contributed by atoms with Crippen molar-refractivity contribution >= 4 is 49.3 Å². The van der Waals surface area contributed by atoms with Gasteiger partial charge in [-0.1, -0.05) is 66.7 Å². The molecule has 0 bridgehead atoms. The van der Waals surface area contributed by atoms with E-state index in [-0.39, 0.29) is 43.2 Å². The van der Waals surface area contributed by atoms with Gasteiger partial charge in [0, 0.05) is 43.7 Å². The smallest absolute Gasteiger partial charge is 0.260 e. The molecule has 1 fully saturated rings. The summed E-state index contributed by atoms with van der Waals surface area (Å²) in [6.07, 6.45) is 3.19. The van der Waals surface area contributed by atoms with Crippen molar-refractivity contribution in [2.45, 2.75) is 36.4 Å². The molecule has 2 amide bonds. The number of para-hydroxylation sites is 1. The third-order valence-electron chi connectivity index (χ3n) is 7.97. The monoisotopic (exact) mass is 621 g/mol. The molecule has 3 heterocycles. The lowest BCUT2D eigenvalue weighted by Gasteiger charge is -2.23. The number of nitrogens with zero attached hydrogens (tertiary/aromatic N) is 3. The molecule has 6 rings (SSSR count). The van der Waals surface area contributed by atoms with Crippen LogP contribution in [-0.2, 0) is 26.0 Å². The number of carbonyl (C=O) groups is 3. The summed E-state index contributed by atoms with van der Waals surface area (Å²) in [5.74, 6) is -1.29. The lowest BCUT2D eigenvalue weighted by Crippen LogP contribution is -2.52. The quantitative estimate of drug-likeness (QED) is 0.270. The summed E-state index contributed by atoms with van der Waals surface area (Å²) in [5, 5.41) is 8.42. The maximum absolute atomic E-state index is 13.8. The highest BCUT2D eigenvalue weighted by atomic mass is 32.2. The number of pyridine rings is 2. The summed E-state index contributed by atoms with van der Waals surface area (Å²) >= 11 is 0. The van der Waals surface area contributed by atoms with E-state index in [1.807, 2.05) is 54.6 Å². The van der Waals surface area contributed by atoms with Crippen LogP contribution in [0, 0.1) is 0 Å². The Hall–Kier alpha value is -5.00. The molecule has 1 aliphatic rings. The van der Waals surface area contributed by atoms with Gasteiger partial charge in [-0.25, -0.2) is 13.4 Å². The third kappa shape index (κ3) is 6.59. The fraction of sp³-hybridized carbons (Fsp3) is 0.206. The van der Waals surface area contributed by atoms with Crippen molar-refractivity contribution in [1.29, 1.82) is 0 Å². The minimum absolute atomic E-state index is 0.0184. The van der Waals surface area contributed by atoms with Gasteiger partial charge in [-0.2, -0.15) is 4.31 Å². The number of hydrogen-bond acceptors (Lipinski definition) is 7. The molecule has 45 heavy (non-hydrogen) atoms. The Balaban J connectivity index is 1.23. The van der Waals surface area contributed by atoms with E-state index in [1.165, 1.54) is 16.6 Å². The molecular formula is C34H31N5O5S. The molecule has 1 unspecified atom stereocenters. The van der Waals surface area contributed by atoms with Crippen LogP contribution < -0.4 is 10.6 Å². The first-order valence-electron chi connectivity index (χ1n) is 14.7. The van der Waals surface area contributed by atoms with E-state index < -0.39 is 33.9 Å². The number of fused-ring (bicyclic) bond motifs is 2. The van der Waals surface area contributed by atoms with Crippen LogP contribution in [0.15, 0.2) is 108 Å². The Morgan fingerprint density at radius 1 is 0.844 bits per heavy atom. The normalized spacial score (nSPS) is 16.6. The van der Waals surface area contributed by atoms with Crippen LogP contribution in [0.25, 0.3) is 21.7 Å². The van der Waals surface area contributed by atoms with Crippen molar-refractivity contribution in [1.82, 2.24) is 24.9 Å². The Morgan fingerprint density at radius 3 is 2.42 bits per heavy atom. The molecule has 2 atom stereocenters. The molecule has 2 N–H and O–H groups in total. The maximum Gasteiger partial charge on any atom is 0.260 e. The standard InChI is InChI=1S/C34H31N5O5S/c40-30-16-20-39(45(43,44)31-12-3-4-17-35-31)19-15-28(30)37-34(42)29(22-23-13-14-24-7-1-2-8-26(24)21-23)38-33(41)27-11-5-9-25-10-6-18-36-32(25)27/h1-14,17-18,21,28-29H,15-16,19-20,22H2,(H,37,42)(H,38,41)/t28-,29?/m1/s1. The van der Waals surface area contributed by atoms with Gasteiger partial charge in [0.2, 0.25) is 5.91 Å². The molecule has 1 saturated heterocycles. The highest BCUT2D eigenvalue weighted by molar-refractivity contribution is 7.89. The fourth-order valence-corrected chi connectivity index (χ4v) is 6.97. The van der Waals surface area contributed by atoms with Crippen LogP contribution in [0.3, 0.4) is 0 Å². The Labute approximate surface area is 260 Å². The number of nitrogens with one attached hydrogen (secondary N) is 2. The Kier molecular flexibility index (Phi) is 8.63. The first kappa shape index (κ1) is 30.0. The second kappa shape index (κ2) is 12.9. The van der Waals surface area contributed by atoms with Crippen LogP contribution >= 0.6 is 0 Å². The molecule has 0 aliphatic carbocycles. The first-order valence-corrected chi connectivity index (χ1v) is 16.1. The van der Waals surface area contributed by atoms with Crippen LogP contribution in [-0.4, -0.2) is 65.5 Å². The van der Waals surface area contributed by atoms with E-state index in [4.69, 9.17) is 0 Å². The molecule has 0 saturated carbocycles. The number of rotatable bonds is 8. The summed E-state index contributed by atoms with van der Waals surface area (Å²) in [7, 11) is -3.91. The molecule has 3 aromatic carbocycles. The zero-order chi connectivity index (χ0) is 31.4. The van der Waals surface area contributed by atoms with Gasteiger partial charge < -0.3 is 10.6 Å². The molecule has 0 radical (unpaired) electrons. The predicted octanol–water partition coefficient (Wildman–Crippen LogP) is 3.66. The molecule has 5 aromatic rings. The zero-order valence-corrected chi connectivity index (χ0v) is 25.1. The van der Waals surface area contributed by atoms with Crippen molar-refractivity contribution in [3.63, 3.8) is 0 Å². The molecule has 228 valence electrons. The lowest BCUT2D eigenvalue weighted by atomic mass is 9.99. The van der Waals surface area contributed by atoms with Crippen molar-refractivity contribution in [2.75, 3.05) is 13.1 Å². The van der Waals surface area contributed by atoms with E-state index >= 15 is 0 Å². The molecule has 2 aromatic heterocycles. The number of Topliss-reactive ketones (excluding diaryl/α,β-unsaturated/α-hetero) is 1. The van der Waals surface area contributed by atoms with Gasteiger partial charge in [-0.3, -0.25) is 19.4 Å². The van der Waals surface area contributed by atoms with Gasteiger partial charge in [0.05, 0.1) is 17.1 Å². The average Bonchev–Trinajstić information content (AvgIpc) is 3.25. The summed E-state index contributed by atoms with van der Waals surface area (Å²) < 4.78 is 27.5. The first-order chi connectivity index (χ1) is 21.8. The van der Waals surface area contributed by atoms with E-state index in [1.54, 1.807) is 36.5 Å². The van der Waals surface area contributed by atoms with Crippen LogP contribution in [0.5, 0.6) is 0 Å². The van der Waals surface area contributed by atoms with E-state index in [2.05, 4.69) is 20.6 Å². The van der Waals surface area contributed by atoms with E-state index in [9.17, 15) is 22.8 Å². The van der Waals surface area contributed by atoms with E-state index in [0.717, 1.165) is 21.7 Å². The zero-order valence-electron chi connectivity index (χ0n) is 24.3. The summed E-state index contributed by atoms with van der Waals surface area (Å²) in [6, 6.07) is 25.3. The van der Waals surface area contributed by atoms with Gasteiger partial charge >= 0.3 is 0 Å². The minimum atomic E-state index is -3.91. The summed E-state index contributed by atoms with van der Waals surface area (Å²) in [6.45, 7) is 0.00835. The van der Waals surface area contributed by atoms with Gasteiger partial charge in [0.25, 0.3) is 15.9 Å². The van der Waals surface area contributed by atoms with Crippen molar-refractivity contribution in [2.24, 2.45) is 0 Å². The van der Waals surface area contributed by atoms with Crippen molar-refractivity contribution in [3.8, 4) is 0 Å². The Morgan fingerprint density at radius 2 is 1.60 bits per heavy atom.